The number of piperidine rings is 1. The highest BCUT2D eigenvalue weighted by atomic mass is 16.5. The molecule has 1 unspecified atom stereocenters. The summed E-state index contributed by atoms with van der Waals surface area (Å²) in [5, 5.41) is 0. The smallest absolute Gasteiger partial charge is 0.310 e. The first kappa shape index (κ1) is 14.3. The summed E-state index contributed by atoms with van der Waals surface area (Å²) in [6.45, 7) is 3.11. The Balaban J connectivity index is 2.04. The van der Waals surface area contributed by atoms with E-state index in [-0.39, 0.29) is 23.4 Å². The number of carbonyl (C=O) groups excluding carboxylic acids is 2. The predicted octanol–water partition coefficient (Wildman–Crippen LogP) is 0.790. The number of esters is 1. The van der Waals surface area contributed by atoms with Crippen molar-refractivity contribution in [3.05, 3.63) is 34.2 Å². The Morgan fingerprint density at radius 2 is 2.25 bits per heavy atom. The van der Waals surface area contributed by atoms with Gasteiger partial charge in [0.1, 0.15) is 0 Å². The van der Waals surface area contributed by atoms with Crippen LogP contribution in [-0.4, -0.2) is 41.5 Å². The second-order valence-corrected chi connectivity index (χ2v) is 4.78. The summed E-state index contributed by atoms with van der Waals surface area (Å²) in [5.74, 6) is -0.669. The minimum absolute atomic E-state index is 0.171. The number of nitrogens with zero attached hydrogens (tertiary/aromatic N) is 1. The molecule has 2 heterocycles. The fourth-order valence-corrected chi connectivity index (χ4v) is 2.34. The Labute approximate surface area is 116 Å². The summed E-state index contributed by atoms with van der Waals surface area (Å²) in [7, 11) is 0. The molecule has 1 aliphatic heterocycles. The lowest BCUT2D eigenvalue weighted by Gasteiger charge is -2.31. The van der Waals surface area contributed by atoms with Crippen LogP contribution >= 0.6 is 0 Å². The number of hydrogen-bond acceptors (Lipinski definition) is 4. The monoisotopic (exact) mass is 278 g/mol. The van der Waals surface area contributed by atoms with Crippen LogP contribution in [0.3, 0.4) is 0 Å². The summed E-state index contributed by atoms with van der Waals surface area (Å²) in [6.07, 6.45) is 2.92. The van der Waals surface area contributed by atoms with E-state index in [1.54, 1.807) is 11.8 Å². The molecular formula is C14H18N2O4. The molecule has 0 aromatic carbocycles. The molecule has 1 aliphatic rings. The van der Waals surface area contributed by atoms with Crippen LogP contribution in [0, 0.1) is 5.92 Å². The van der Waals surface area contributed by atoms with Gasteiger partial charge in [0, 0.05) is 25.4 Å². The van der Waals surface area contributed by atoms with Crippen LogP contribution in [0.25, 0.3) is 0 Å². The van der Waals surface area contributed by atoms with E-state index in [0.29, 0.717) is 25.3 Å². The van der Waals surface area contributed by atoms with E-state index in [9.17, 15) is 14.4 Å². The topological polar surface area (TPSA) is 79.5 Å². The molecule has 0 aliphatic carbocycles. The van der Waals surface area contributed by atoms with Crippen LogP contribution in [0.4, 0.5) is 0 Å². The number of ether oxygens (including phenoxy) is 1. The zero-order valence-corrected chi connectivity index (χ0v) is 11.4. The zero-order valence-electron chi connectivity index (χ0n) is 11.4. The van der Waals surface area contributed by atoms with Gasteiger partial charge in [-0.05, 0) is 25.8 Å². The van der Waals surface area contributed by atoms with Crippen molar-refractivity contribution in [2.75, 3.05) is 19.7 Å². The average molecular weight is 278 g/mol. The lowest BCUT2D eigenvalue weighted by Crippen LogP contribution is -2.42. The van der Waals surface area contributed by atoms with Crippen molar-refractivity contribution >= 4 is 11.9 Å². The van der Waals surface area contributed by atoms with Crippen LogP contribution in [0.5, 0.6) is 0 Å². The van der Waals surface area contributed by atoms with Gasteiger partial charge in [-0.3, -0.25) is 14.4 Å². The second-order valence-electron chi connectivity index (χ2n) is 4.78. The number of aromatic amines is 1. The van der Waals surface area contributed by atoms with Gasteiger partial charge in [-0.15, -0.1) is 0 Å². The molecule has 1 N–H and O–H groups in total. The molecule has 1 aromatic heterocycles. The van der Waals surface area contributed by atoms with Crippen LogP contribution in [0.15, 0.2) is 23.1 Å². The highest BCUT2D eigenvalue weighted by Gasteiger charge is 2.29. The van der Waals surface area contributed by atoms with E-state index in [0.717, 1.165) is 12.8 Å². The number of aromatic nitrogens is 1. The van der Waals surface area contributed by atoms with Crippen molar-refractivity contribution < 1.29 is 14.3 Å². The lowest BCUT2D eigenvalue weighted by molar-refractivity contribution is -0.149. The van der Waals surface area contributed by atoms with Gasteiger partial charge in [0.05, 0.1) is 18.1 Å². The summed E-state index contributed by atoms with van der Waals surface area (Å²) >= 11 is 0. The molecule has 0 saturated carbocycles. The number of carbonyl (C=O) groups is 2. The minimum atomic E-state index is -0.254. The molecular weight excluding hydrogens is 260 g/mol. The maximum atomic E-state index is 12.3. The SMILES string of the molecule is CCOC(=O)C1CCCN(C(=O)c2ccc(=O)[nH]c2)C1. The third-order valence-corrected chi connectivity index (χ3v) is 3.36. The Morgan fingerprint density at radius 1 is 1.45 bits per heavy atom. The quantitative estimate of drug-likeness (QED) is 0.829. The highest BCUT2D eigenvalue weighted by Crippen LogP contribution is 2.19. The predicted molar refractivity (Wildman–Crippen MR) is 72.3 cm³/mol. The molecule has 6 nitrogen and oxygen atoms in total. The van der Waals surface area contributed by atoms with E-state index >= 15 is 0 Å². The number of nitrogens with one attached hydrogen (secondary N) is 1. The average Bonchev–Trinajstić information content (AvgIpc) is 2.48. The molecule has 1 atom stereocenters. The van der Waals surface area contributed by atoms with Gasteiger partial charge in [-0.25, -0.2) is 0 Å². The number of rotatable bonds is 3. The second kappa shape index (κ2) is 6.36. The zero-order chi connectivity index (χ0) is 14.5. The molecule has 0 bridgehead atoms. The van der Waals surface area contributed by atoms with E-state index in [1.807, 2.05) is 0 Å². The first-order valence-corrected chi connectivity index (χ1v) is 6.76. The molecule has 20 heavy (non-hydrogen) atoms. The number of amides is 1. The maximum Gasteiger partial charge on any atom is 0.310 e. The molecule has 1 amide bonds. The number of hydrogen-bond donors (Lipinski definition) is 1. The van der Waals surface area contributed by atoms with Crippen molar-refractivity contribution in [3.63, 3.8) is 0 Å². The third kappa shape index (κ3) is 3.26. The molecule has 0 radical (unpaired) electrons. The van der Waals surface area contributed by atoms with Crippen molar-refractivity contribution in [1.29, 1.82) is 0 Å². The first-order valence-electron chi connectivity index (χ1n) is 6.76. The normalized spacial score (nSPS) is 18.6. The van der Waals surface area contributed by atoms with E-state index in [4.69, 9.17) is 4.74 Å². The van der Waals surface area contributed by atoms with Crippen LogP contribution in [-0.2, 0) is 9.53 Å². The first-order chi connectivity index (χ1) is 9.61. The number of likely N-dealkylation sites (tertiary alicyclic amines) is 1. The lowest BCUT2D eigenvalue weighted by atomic mass is 9.97. The van der Waals surface area contributed by atoms with Crippen molar-refractivity contribution in [1.82, 2.24) is 9.88 Å². The Bertz CT molecular complexity index is 532. The fraction of sp³-hybridized carbons (Fsp3) is 0.500. The minimum Gasteiger partial charge on any atom is -0.466 e. The molecule has 0 spiro atoms. The Hall–Kier alpha value is -2.11. The summed E-state index contributed by atoms with van der Waals surface area (Å²) in [6, 6.07) is 2.81. The van der Waals surface area contributed by atoms with E-state index < -0.39 is 0 Å². The van der Waals surface area contributed by atoms with Gasteiger partial charge in [0.2, 0.25) is 5.56 Å². The number of H-pyrrole nitrogens is 1. The molecule has 2 rings (SSSR count). The molecule has 108 valence electrons. The molecule has 1 aromatic rings. The summed E-state index contributed by atoms with van der Waals surface area (Å²) in [4.78, 5) is 39.1. The molecule has 1 saturated heterocycles. The van der Waals surface area contributed by atoms with Gasteiger partial charge < -0.3 is 14.6 Å². The van der Waals surface area contributed by atoms with Crippen LogP contribution in [0.1, 0.15) is 30.1 Å². The Kier molecular flexibility index (Phi) is 4.55. The summed E-state index contributed by atoms with van der Waals surface area (Å²) < 4.78 is 5.01. The molecule has 1 fully saturated rings. The third-order valence-electron chi connectivity index (χ3n) is 3.36. The van der Waals surface area contributed by atoms with Crippen LogP contribution in [0.2, 0.25) is 0 Å². The van der Waals surface area contributed by atoms with Crippen molar-refractivity contribution in [2.24, 2.45) is 5.92 Å². The molecule has 6 heteroatoms. The van der Waals surface area contributed by atoms with Crippen LogP contribution < -0.4 is 5.56 Å². The largest absolute Gasteiger partial charge is 0.466 e. The van der Waals surface area contributed by atoms with Gasteiger partial charge in [0.25, 0.3) is 5.91 Å². The van der Waals surface area contributed by atoms with Gasteiger partial charge in [-0.2, -0.15) is 0 Å². The van der Waals surface area contributed by atoms with Gasteiger partial charge in [-0.1, -0.05) is 0 Å². The maximum absolute atomic E-state index is 12.3. The van der Waals surface area contributed by atoms with Gasteiger partial charge >= 0.3 is 5.97 Å². The van der Waals surface area contributed by atoms with Crippen molar-refractivity contribution in [3.8, 4) is 0 Å². The van der Waals surface area contributed by atoms with Crippen molar-refractivity contribution in [2.45, 2.75) is 19.8 Å². The number of pyridine rings is 1. The Morgan fingerprint density at radius 3 is 2.90 bits per heavy atom. The van der Waals surface area contributed by atoms with Gasteiger partial charge in [0.15, 0.2) is 0 Å². The fourth-order valence-electron chi connectivity index (χ4n) is 2.34. The highest BCUT2D eigenvalue weighted by molar-refractivity contribution is 5.94. The standard InChI is InChI=1S/C14H18N2O4/c1-2-20-14(19)11-4-3-7-16(9-11)13(18)10-5-6-12(17)15-8-10/h5-6,8,11H,2-4,7,9H2,1H3,(H,15,17). The van der Waals surface area contributed by atoms with E-state index in [2.05, 4.69) is 4.98 Å². The van der Waals surface area contributed by atoms with E-state index in [1.165, 1.54) is 18.3 Å². The summed E-state index contributed by atoms with van der Waals surface area (Å²) in [5.41, 5.74) is 0.179.